The van der Waals surface area contributed by atoms with E-state index < -0.39 is 5.92 Å². The van der Waals surface area contributed by atoms with Crippen molar-refractivity contribution in [3.05, 3.63) is 43.8 Å². The minimum absolute atomic E-state index is 0.00877. The fraction of sp³-hybridized carbons (Fsp3) is 0.613. The highest BCUT2D eigenvalue weighted by molar-refractivity contribution is 14.1. The van der Waals surface area contributed by atoms with Crippen LogP contribution in [0.4, 0.5) is 0 Å². The Morgan fingerprint density at radius 1 is 0.974 bits per heavy atom. The normalized spacial score (nSPS) is 21.2. The molecular weight excluding hydrogens is 593 g/mol. The number of ether oxygens (including phenoxy) is 3. The predicted molar refractivity (Wildman–Crippen MR) is 158 cm³/mol. The summed E-state index contributed by atoms with van der Waals surface area (Å²) in [5.74, 6) is 1.21. The van der Waals surface area contributed by atoms with Crippen LogP contribution in [0.1, 0.15) is 85.6 Å². The highest BCUT2D eigenvalue weighted by Gasteiger charge is 2.49. The first-order valence-corrected chi connectivity index (χ1v) is 14.8. The van der Waals surface area contributed by atoms with E-state index in [0.717, 1.165) is 44.5 Å². The molecule has 0 unspecified atom stereocenters. The summed E-state index contributed by atoms with van der Waals surface area (Å²) in [6.07, 6.45) is 2.48. The average Bonchev–Trinajstić information content (AvgIpc) is 2.77. The number of nitrogens with zero attached hydrogens (tertiary/aromatic N) is 1. The molecule has 0 fully saturated rings. The average molecular weight is 636 g/mol. The first-order valence-electron chi connectivity index (χ1n) is 13.7. The molecule has 0 atom stereocenters. The molecule has 1 aromatic rings. The van der Waals surface area contributed by atoms with E-state index in [1.807, 2.05) is 26.8 Å². The summed E-state index contributed by atoms with van der Waals surface area (Å²) in [6.45, 7) is 16.2. The summed E-state index contributed by atoms with van der Waals surface area (Å²) in [5.41, 5.74) is 4.24. The Morgan fingerprint density at radius 3 is 2.00 bits per heavy atom. The number of carbonyl (C=O) groups is 2. The van der Waals surface area contributed by atoms with E-state index >= 15 is 0 Å². The third-order valence-corrected chi connectivity index (χ3v) is 8.36. The molecule has 3 aliphatic rings. The quantitative estimate of drug-likeness (QED) is 0.293. The SMILES string of the molecule is CCOc1cc(C2C3=C(CC(C)(C)CC3=O)N(CCOC)C3=C2C(=O)CC(C)(C)C3)cc(I)c1OC(C)C. The van der Waals surface area contributed by atoms with E-state index in [1.54, 1.807) is 7.11 Å². The number of methoxy groups -OCH3 is 1. The van der Waals surface area contributed by atoms with Crippen LogP contribution in [-0.4, -0.2) is 49.4 Å². The highest BCUT2D eigenvalue weighted by atomic mass is 127. The molecule has 0 N–H and O–H groups in total. The Labute approximate surface area is 241 Å². The first kappa shape index (κ1) is 29.1. The zero-order valence-corrected chi connectivity index (χ0v) is 26.3. The van der Waals surface area contributed by atoms with Crippen LogP contribution in [0.15, 0.2) is 34.7 Å². The van der Waals surface area contributed by atoms with Crippen LogP contribution in [0.5, 0.6) is 11.5 Å². The second-order valence-electron chi connectivity index (χ2n) is 12.6. The second-order valence-corrected chi connectivity index (χ2v) is 13.8. The lowest BCUT2D eigenvalue weighted by Gasteiger charge is -2.49. The van der Waals surface area contributed by atoms with Gasteiger partial charge in [-0.25, -0.2) is 0 Å². The molecule has 4 rings (SSSR count). The molecule has 38 heavy (non-hydrogen) atoms. The molecule has 0 bridgehead atoms. The van der Waals surface area contributed by atoms with Gasteiger partial charge in [0.15, 0.2) is 23.1 Å². The van der Waals surface area contributed by atoms with Gasteiger partial charge >= 0.3 is 0 Å². The van der Waals surface area contributed by atoms with Gasteiger partial charge in [0.2, 0.25) is 0 Å². The van der Waals surface area contributed by atoms with Crippen molar-refractivity contribution in [2.75, 3.05) is 26.9 Å². The zero-order valence-electron chi connectivity index (χ0n) is 24.1. The fourth-order valence-electron chi connectivity index (χ4n) is 6.20. The molecule has 7 heteroatoms. The van der Waals surface area contributed by atoms with Crippen molar-refractivity contribution < 1.29 is 23.8 Å². The number of hydrogen-bond acceptors (Lipinski definition) is 6. The molecule has 0 aromatic heterocycles. The topological polar surface area (TPSA) is 65.1 Å². The minimum Gasteiger partial charge on any atom is -0.490 e. The van der Waals surface area contributed by atoms with Crippen LogP contribution in [0.3, 0.4) is 0 Å². The van der Waals surface area contributed by atoms with Gasteiger partial charge in [-0.05, 0) is 84.7 Å². The van der Waals surface area contributed by atoms with Crippen molar-refractivity contribution in [3.63, 3.8) is 0 Å². The molecular formula is C31H42INO5. The second kappa shape index (κ2) is 11.0. The number of halogens is 1. The first-order chi connectivity index (χ1) is 17.8. The smallest absolute Gasteiger partial charge is 0.174 e. The molecule has 0 radical (unpaired) electrons. The number of benzene rings is 1. The van der Waals surface area contributed by atoms with Gasteiger partial charge in [0.25, 0.3) is 0 Å². The van der Waals surface area contributed by atoms with E-state index in [0.29, 0.717) is 44.1 Å². The Hall–Kier alpha value is -1.87. The van der Waals surface area contributed by atoms with Crippen LogP contribution < -0.4 is 9.47 Å². The summed E-state index contributed by atoms with van der Waals surface area (Å²) in [5, 5.41) is 0. The summed E-state index contributed by atoms with van der Waals surface area (Å²) >= 11 is 2.29. The molecule has 1 aromatic carbocycles. The van der Waals surface area contributed by atoms with Gasteiger partial charge in [0.1, 0.15) is 0 Å². The van der Waals surface area contributed by atoms with Gasteiger partial charge in [-0.15, -0.1) is 0 Å². The maximum atomic E-state index is 14.0. The maximum absolute atomic E-state index is 14.0. The molecule has 0 saturated carbocycles. The molecule has 0 saturated heterocycles. The van der Waals surface area contributed by atoms with Crippen molar-refractivity contribution in [3.8, 4) is 11.5 Å². The van der Waals surface area contributed by atoms with Gasteiger partial charge in [-0.2, -0.15) is 0 Å². The summed E-state index contributed by atoms with van der Waals surface area (Å²) in [4.78, 5) is 30.2. The minimum atomic E-state index is -0.410. The monoisotopic (exact) mass is 635 g/mol. The van der Waals surface area contributed by atoms with Crippen LogP contribution >= 0.6 is 22.6 Å². The maximum Gasteiger partial charge on any atom is 0.174 e. The van der Waals surface area contributed by atoms with E-state index in [2.05, 4.69) is 61.3 Å². The van der Waals surface area contributed by atoms with Gasteiger partial charge in [0, 0.05) is 55.0 Å². The van der Waals surface area contributed by atoms with Crippen LogP contribution in [0.2, 0.25) is 0 Å². The van der Waals surface area contributed by atoms with Crippen LogP contribution in [0, 0.1) is 14.4 Å². The molecule has 1 aliphatic heterocycles. The van der Waals surface area contributed by atoms with E-state index in [9.17, 15) is 9.59 Å². The molecule has 6 nitrogen and oxygen atoms in total. The van der Waals surface area contributed by atoms with Crippen molar-refractivity contribution in [1.82, 2.24) is 4.90 Å². The molecule has 208 valence electrons. The Morgan fingerprint density at radius 2 is 1.53 bits per heavy atom. The summed E-state index contributed by atoms with van der Waals surface area (Å²) in [6, 6.07) is 4.07. The predicted octanol–water partition coefficient (Wildman–Crippen LogP) is 6.81. The molecule has 2 aliphatic carbocycles. The number of ketones is 2. The lowest BCUT2D eigenvalue weighted by Crippen LogP contribution is -2.45. The van der Waals surface area contributed by atoms with Gasteiger partial charge in [-0.1, -0.05) is 27.7 Å². The van der Waals surface area contributed by atoms with Crippen molar-refractivity contribution >= 4 is 34.2 Å². The number of allylic oxidation sites excluding steroid dienone is 4. The standard InChI is InChI=1S/C31H42INO5/c1-9-37-25-13-19(12-20(32)29(25)38-18(2)3)26-27-21(14-30(4,5)16-23(27)34)33(10-11-36-8)22-15-31(6,7)17-24(35)28(22)26/h12-13,18,26H,9-11,14-17H2,1-8H3. The number of hydrogen-bond donors (Lipinski definition) is 0. The molecule has 1 heterocycles. The number of carbonyl (C=O) groups excluding carboxylic acids is 2. The Balaban J connectivity index is 1.99. The highest BCUT2D eigenvalue weighted by Crippen LogP contribution is 2.55. The summed E-state index contributed by atoms with van der Waals surface area (Å²) in [7, 11) is 1.70. The van der Waals surface area contributed by atoms with E-state index in [-0.39, 0.29) is 28.5 Å². The zero-order chi connectivity index (χ0) is 28.0. The third kappa shape index (κ3) is 5.69. The lowest BCUT2D eigenvalue weighted by molar-refractivity contribution is -0.119. The van der Waals surface area contributed by atoms with E-state index in [1.165, 1.54) is 0 Å². The Kier molecular flexibility index (Phi) is 8.39. The van der Waals surface area contributed by atoms with Crippen molar-refractivity contribution in [1.29, 1.82) is 0 Å². The van der Waals surface area contributed by atoms with Gasteiger partial charge in [-0.3, -0.25) is 9.59 Å². The summed E-state index contributed by atoms with van der Waals surface area (Å²) < 4.78 is 18.6. The third-order valence-electron chi connectivity index (χ3n) is 7.56. The van der Waals surface area contributed by atoms with Crippen LogP contribution in [0.25, 0.3) is 0 Å². The van der Waals surface area contributed by atoms with Gasteiger partial charge in [0.05, 0.1) is 22.9 Å². The van der Waals surface area contributed by atoms with Crippen molar-refractivity contribution in [2.24, 2.45) is 10.8 Å². The van der Waals surface area contributed by atoms with E-state index in [4.69, 9.17) is 14.2 Å². The number of rotatable bonds is 8. The fourth-order valence-corrected chi connectivity index (χ4v) is 6.95. The lowest BCUT2D eigenvalue weighted by atomic mass is 9.63. The number of Topliss-reactive ketones (excluding diaryl/α,β-unsaturated/α-hetero) is 2. The Bertz CT molecular complexity index is 1140. The molecule has 0 spiro atoms. The van der Waals surface area contributed by atoms with Crippen LogP contribution in [-0.2, 0) is 14.3 Å². The van der Waals surface area contributed by atoms with Crippen molar-refractivity contribution in [2.45, 2.75) is 86.2 Å². The van der Waals surface area contributed by atoms with Gasteiger partial charge < -0.3 is 19.1 Å². The largest absolute Gasteiger partial charge is 0.490 e. The molecule has 0 amide bonds.